The van der Waals surface area contributed by atoms with Crippen molar-refractivity contribution in [1.29, 1.82) is 0 Å². The Labute approximate surface area is 139 Å². The summed E-state index contributed by atoms with van der Waals surface area (Å²) in [7, 11) is -2.79. The van der Waals surface area contributed by atoms with Gasteiger partial charge in [0.05, 0.1) is 11.5 Å². The minimum Gasteiger partial charge on any atom is -0.357 e. The highest BCUT2D eigenvalue weighted by atomic mass is 32.2. The van der Waals surface area contributed by atoms with Gasteiger partial charge in [-0.25, -0.2) is 8.42 Å². The summed E-state index contributed by atoms with van der Waals surface area (Å²) in [4.78, 5) is 6.75. The number of sulfone groups is 1. The molecule has 1 aliphatic heterocycles. The first-order valence-electron chi connectivity index (χ1n) is 8.01. The first-order chi connectivity index (χ1) is 10.6. The molecule has 0 saturated carbocycles. The summed E-state index contributed by atoms with van der Waals surface area (Å²) >= 11 is 1.87. The fourth-order valence-electron chi connectivity index (χ4n) is 2.20. The third-order valence-corrected chi connectivity index (χ3v) is 5.83. The van der Waals surface area contributed by atoms with Gasteiger partial charge in [0.25, 0.3) is 0 Å². The molecular weight excluding hydrogens is 320 g/mol. The highest BCUT2D eigenvalue weighted by Gasteiger charge is 2.20. The molecule has 0 unspecified atom stereocenters. The maximum Gasteiger partial charge on any atom is 0.191 e. The van der Waals surface area contributed by atoms with Crippen LogP contribution in [-0.4, -0.2) is 82.1 Å². The van der Waals surface area contributed by atoms with Gasteiger partial charge in [-0.05, 0) is 31.8 Å². The molecule has 2 N–H and O–H groups in total. The minimum absolute atomic E-state index is 0.288. The second-order valence-corrected chi connectivity index (χ2v) is 8.67. The number of hydrogen-bond acceptors (Lipinski definition) is 5. The van der Waals surface area contributed by atoms with Crippen LogP contribution in [0.2, 0.25) is 0 Å². The number of thioether (sulfide) groups is 1. The number of unbranched alkanes of at least 4 members (excludes halogenated alkanes) is 1. The summed E-state index contributed by atoms with van der Waals surface area (Å²) < 4.78 is 22.8. The summed E-state index contributed by atoms with van der Waals surface area (Å²) in [6.07, 6.45) is 4.44. The van der Waals surface area contributed by atoms with Crippen molar-refractivity contribution in [3.8, 4) is 0 Å². The van der Waals surface area contributed by atoms with Gasteiger partial charge in [-0.1, -0.05) is 0 Å². The Balaban J connectivity index is 2.22. The van der Waals surface area contributed by atoms with E-state index >= 15 is 0 Å². The summed E-state index contributed by atoms with van der Waals surface area (Å²) in [6.45, 7) is 6.68. The molecule has 0 aliphatic carbocycles. The fraction of sp³-hybridized carbons (Fsp3) is 0.929. The maximum atomic E-state index is 11.4. The van der Waals surface area contributed by atoms with Gasteiger partial charge in [0, 0.05) is 39.3 Å². The van der Waals surface area contributed by atoms with Crippen LogP contribution in [0.3, 0.4) is 0 Å². The normalized spacial score (nSPS) is 19.1. The molecule has 0 atom stereocenters. The molecule has 1 fully saturated rings. The summed E-state index contributed by atoms with van der Waals surface area (Å²) in [5, 5.41) is 6.57. The molecule has 0 spiro atoms. The largest absolute Gasteiger partial charge is 0.357 e. The topological polar surface area (TPSA) is 73.8 Å². The van der Waals surface area contributed by atoms with E-state index < -0.39 is 9.84 Å². The first kappa shape index (κ1) is 19.6. The van der Waals surface area contributed by atoms with Gasteiger partial charge in [0.1, 0.15) is 0 Å². The predicted octanol–water partition coefficient (Wildman–Crippen LogP) is 0.415. The molecule has 1 rings (SSSR count). The molecule has 6 nitrogen and oxygen atoms in total. The molecule has 0 aromatic rings. The van der Waals surface area contributed by atoms with Crippen LogP contribution in [0.25, 0.3) is 0 Å². The minimum atomic E-state index is -2.79. The van der Waals surface area contributed by atoms with E-state index in [-0.39, 0.29) is 11.5 Å². The lowest BCUT2D eigenvalue weighted by molar-refractivity contribution is 0.299. The smallest absolute Gasteiger partial charge is 0.191 e. The van der Waals surface area contributed by atoms with E-state index in [9.17, 15) is 8.42 Å². The zero-order valence-corrected chi connectivity index (χ0v) is 15.4. The standard InChI is InChI=1S/C14H30N4O2S2/c1-3-15-14(16-6-4-5-11-21-2)17-7-8-18-9-12-22(19,20)13-10-18/h3-13H2,1-2H3,(H2,15,16,17). The Bertz CT molecular complexity index is 413. The number of rotatable bonds is 9. The maximum absolute atomic E-state index is 11.4. The van der Waals surface area contributed by atoms with Crippen LogP contribution in [0.5, 0.6) is 0 Å². The zero-order chi connectivity index (χ0) is 16.3. The molecule has 22 heavy (non-hydrogen) atoms. The molecule has 1 heterocycles. The molecule has 130 valence electrons. The van der Waals surface area contributed by atoms with Gasteiger partial charge in [-0.3, -0.25) is 9.89 Å². The van der Waals surface area contributed by atoms with Gasteiger partial charge in [0.2, 0.25) is 0 Å². The lowest BCUT2D eigenvalue weighted by Gasteiger charge is -2.26. The quantitative estimate of drug-likeness (QED) is 0.357. The van der Waals surface area contributed by atoms with Crippen LogP contribution < -0.4 is 10.6 Å². The van der Waals surface area contributed by atoms with Crippen LogP contribution in [-0.2, 0) is 9.84 Å². The van der Waals surface area contributed by atoms with E-state index in [1.807, 2.05) is 11.8 Å². The molecule has 0 amide bonds. The monoisotopic (exact) mass is 350 g/mol. The second kappa shape index (κ2) is 11.1. The van der Waals surface area contributed by atoms with Crippen molar-refractivity contribution in [2.75, 3.05) is 62.8 Å². The average Bonchev–Trinajstić information content (AvgIpc) is 2.48. The lowest BCUT2D eigenvalue weighted by atomic mass is 10.3. The van der Waals surface area contributed by atoms with Gasteiger partial charge in [-0.15, -0.1) is 0 Å². The van der Waals surface area contributed by atoms with Crippen molar-refractivity contribution in [3.63, 3.8) is 0 Å². The number of nitrogens with zero attached hydrogens (tertiary/aromatic N) is 2. The summed E-state index contributed by atoms with van der Waals surface area (Å²) in [6, 6.07) is 0. The van der Waals surface area contributed by atoms with Gasteiger partial charge >= 0.3 is 0 Å². The molecule has 0 aromatic carbocycles. The number of nitrogens with one attached hydrogen (secondary N) is 2. The summed E-state index contributed by atoms with van der Waals surface area (Å²) in [5.74, 6) is 2.63. The Morgan fingerprint density at radius 1 is 1.23 bits per heavy atom. The second-order valence-electron chi connectivity index (χ2n) is 5.38. The van der Waals surface area contributed by atoms with E-state index in [0.717, 1.165) is 38.6 Å². The van der Waals surface area contributed by atoms with Gasteiger partial charge in [0.15, 0.2) is 15.8 Å². The molecule has 0 radical (unpaired) electrons. The van der Waals surface area contributed by atoms with Crippen LogP contribution in [0.1, 0.15) is 19.8 Å². The molecule has 0 aromatic heterocycles. The molecule has 8 heteroatoms. The van der Waals surface area contributed by atoms with E-state index in [2.05, 4.69) is 33.7 Å². The number of aliphatic imine (C=N–C) groups is 1. The third kappa shape index (κ3) is 8.85. The molecule has 1 aliphatic rings. The van der Waals surface area contributed by atoms with Crippen molar-refractivity contribution >= 4 is 27.6 Å². The van der Waals surface area contributed by atoms with Crippen LogP contribution in [0.4, 0.5) is 0 Å². The van der Waals surface area contributed by atoms with E-state index in [1.54, 1.807) is 0 Å². The average molecular weight is 351 g/mol. The Morgan fingerprint density at radius 3 is 2.59 bits per heavy atom. The highest BCUT2D eigenvalue weighted by molar-refractivity contribution is 7.98. The first-order valence-corrected chi connectivity index (χ1v) is 11.2. The Kier molecular flexibility index (Phi) is 9.90. The van der Waals surface area contributed by atoms with Crippen molar-refractivity contribution in [2.45, 2.75) is 19.8 Å². The Morgan fingerprint density at radius 2 is 1.95 bits per heavy atom. The third-order valence-electron chi connectivity index (χ3n) is 3.53. The molecular formula is C14H30N4O2S2. The van der Waals surface area contributed by atoms with E-state index in [0.29, 0.717) is 13.1 Å². The highest BCUT2D eigenvalue weighted by Crippen LogP contribution is 2.02. The van der Waals surface area contributed by atoms with E-state index in [1.165, 1.54) is 12.2 Å². The van der Waals surface area contributed by atoms with Gasteiger partial charge < -0.3 is 10.6 Å². The summed E-state index contributed by atoms with van der Waals surface area (Å²) in [5.41, 5.74) is 0. The molecule has 1 saturated heterocycles. The van der Waals surface area contributed by atoms with Crippen LogP contribution in [0, 0.1) is 0 Å². The van der Waals surface area contributed by atoms with Crippen molar-refractivity contribution in [1.82, 2.24) is 15.5 Å². The van der Waals surface area contributed by atoms with Crippen LogP contribution in [0.15, 0.2) is 4.99 Å². The number of guanidine groups is 1. The SMILES string of the molecule is CCNC(=NCCCCSC)NCCN1CCS(=O)(=O)CC1. The van der Waals surface area contributed by atoms with Crippen molar-refractivity contribution < 1.29 is 8.42 Å². The fourth-order valence-corrected chi connectivity index (χ4v) is 3.97. The number of hydrogen-bond donors (Lipinski definition) is 2. The van der Waals surface area contributed by atoms with Gasteiger partial charge in [-0.2, -0.15) is 11.8 Å². The van der Waals surface area contributed by atoms with Crippen LogP contribution >= 0.6 is 11.8 Å². The predicted molar refractivity (Wildman–Crippen MR) is 96.7 cm³/mol. The zero-order valence-electron chi connectivity index (χ0n) is 13.8. The Hall–Kier alpha value is -0.470. The van der Waals surface area contributed by atoms with Crippen molar-refractivity contribution in [2.24, 2.45) is 4.99 Å². The lowest BCUT2D eigenvalue weighted by Crippen LogP contribution is -2.46. The van der Waals surface area contributed by atoms with Crippen molar-refractivity contribution in [3.05, 3.63) is 0 Å². The van der Waals surface area contributed by atoms with E-state index in [4.69, 9.17) is 0 Å². The molecule has 0 bridgehead atoms.